The highest BCUT2D eigenvalue weighted by molar-refractivity contribution is 6.24. The number of amides is 1. The molecule has 1 atom stereocenters. The summed E-state index contributed by atoms with van der Waals surface area (Å²) in [6.07, 6.45) is -1.58. The van der Waals surface area contributed by atoms with Crippen LogP contribution in [0.5, 0.6) is 5.75 Å². The summed E-state index contributed by atoms with van der Waals surface area (Å²) in [5.41, 5.74) is -0.617. The second-order valence-electron chi connectivity index (χ2n) is 8.58. The quantitative estimate of drug-likeness (QED) is 0.413. The Hall–Kier alpha value is -3.54. The van der Waals surface area contributed by atoms with Crippen LogP contribution in [0, 0.1) is 0 Å². The summed E-state index contributed by atoms with van der Waals surface area (Å²) in [7, 11) is 0. The number of hydrogen-bond acceptors (Lipinski definition) is 4. The molecule has 31 heavy (non-hydrogen) atoms. The lowest BCUT2D eigenvalue weighted by Gasteiger charge is -2.21. The number of rotatable bonds is 6. The predicted molar refractivity (Wildman–Crippen MR) is 121 cm³/mol. The molecule has 0 spiro atoms. The Morgan fingerprint density at radius 3 is 2.19 bits per heavy atom. The lowest BCUT2D eigenvalue weighted by atomic mass is 9.94. The van der Waals surface area contributed by atoms with Gasteiger partial charge in [-0.15, -0.1) is 0 Å². The Labute approximate surface area is 180 Å². The minimum Gasteiger partial charge on any atom is -0.479 e. The molecule has 1 unspecified atom stereocenters. The van der Waals surface area contributed by atoms with Crippen molar-refractivity contribution < 1.29 is 24.2 Å². The van der Waals surface area contributed by atoms with Gasteiger partial charge in [0.25, 0.3) is 0 Å². The highest BCUT2D eigenvalue weighted by atomic mass is 16.6. The van der Waals surface area contributed by atoms with Crippen LogP contribution in [0.2, 0.25) is 0 Å². The van der Waals surface area contributed by atoms with Gasteiger partial charge in [-0.2, -0.15) is 0 Å². The topological polar surface area (TPSA) is 84.9 Å². The van der Waals surface area contributed by atoms with E-state index in [2.05, 4.69) is 29.6 Å². The minimum absolute atomic E-state index is 0.108. The molecule has 0 fully saturated rings. The van der Waals surface area contributed by atoms with Gasteiger partial charge in [0.2, 0.25) is 0 Å². The number of benzene rings is 4. The van der Waals surface area contributed by atoms with Crippen molar-refractivity contribution in [2.24, 2.45) is 0 Å². The number of nitrogens with one attached hydrogen (secondary N) is 1. The molecular weight excluding hydrogens is 394 g/mol. The van der Waals surface area contributed by atoms with Crippen molar-refractivity contribution >= 4 is 44.4 Å². The monoisotopic (exact) mass is 419 g/mol. The van der Waals surface area contributed by atoms with Crippen LogP contribution < -0.4 is 10.1 Å². The van der Waals surface area contributed by atoms with Crippen LogP contribution in [0.3, 0.4) is 0 Å². The van der Waals surface area contributed by atoms with E-state index >= 15 is 0 Å². The molecule has 4 aromatic rings. The number of carboxylic acid groups (broad SMARTS) is 1. The van der Waals surface area contributed by atoms with Gasteiger partial charge >= 0.3 is 12.1 Å². The van der Waals surface area contributed by atoms with Crippen molar-refractivity contribution in [3.8, 4) is 5.75 Å². The number of carboxylic acids is 1. The van der Waals surface area contributed by atoms with E-state index in [1.807, 2.05) is 24.3 Å². The summed E-state index contributed by atoms with van der Waals surface area (Å²) in [6.45, 7) is 5.43. The number of carbonyl (C=O) groups is 2. The first-order valence-electron chi connectivity index (χ1n) is 10.3. The van der Waals surface area contributed by atoms with Crippen LogP contribution in [0.25, 0.3) is 32.3 Å². The molecule has 1 amide bonds. The van der Waals surface area contributed by atoms with Crippen molar-refractivity contribution in [2.75, 3.05) is 6.54 Å². The number of carbonyl (C=O) groups excluding carboxylic acids is 1. The molecule has 0 radical (unpaired) electrons. The Kier molecular flexibility index (Phi) is 5.31. The summed E-state index contributed by atoms with van der Waals surface area (Å²) in [5, 5.41) is 18.6. The van der Waals surface area contributed by atoms with E-state index in [-0.39, 0.29) is 13.0 Å². The van der Waals surface area contributed by atoms with E-state index in [1.165, 1.54) is 0 Å². The SMILES string of the molecule is CC(C)(C)OC(=O)NCCC(Oc1ccc2ccc3cccc4ccc1c2c34)C(=O)O. The van der Waals surface area contributed by atoms with Gasteiger partial charge in [-0.1, -0.05) is 42.5 Å². The highest BCUT2D eigenvalue weighted by Crippen LogP contribution is 2.38. The zero-order valence-corrected chi connectivity index (χ0v) is 17.8. The van der Waals surface area contributed by atoms with Crippen LogP contribution in [0.4, 0.5) is 4.79 Å². The van der Waals surface area contributed by atoms with E-state index in [1.54, 1.807) is 26.8 Å². The largest absolute Gasteiger partial charge is 0.479 e. The maximum atomic E-state index is 11.8. The van der Waals surface area contributed by atoms with E-state index in [9.17, 15) is 14.7 Å². The molecule has 2 N–H and O–H groups in total. The van der Waals surface area contributed by atoms with E-state index in [4.69, 9.17) is 9.47 Å². The molecule has 0 heterocycles. The number of hydrogen-bond donors (Lipinski definition) is 2. The molecule has 0 aliphatic heterocycles. The van der Waals surface area contributed by atoms with Gasteiger partial charge in [-0.3, -0.25) is 0 Å². The minimum atomic E-state index is -1.10. The molecule has 6 nitrogen and oxygen atoms in total. The summed E-state index contributed by atoms with van der Waals surface area (Å²) in [4.78, 5) is 23.6. The van der Waals surface area contributed by atoms with E-state index in [0.717, 1.165) is 32.3 Å². The number of ether oxygens (including phenoxy) is 2. The van der Waals surface area contributed by atoms with Gasteiger partial charge in [-0.05, 0) is 54.4 Å². The van der Waals surface area contributed by atoms with Crippen molar-refractivity contribution in [3.05, 3.63) is 54.6 Å². The summed E-state index contributed by atoms with van der Waals surface area (Å²) in [5.74, 6) is -0.577. The number of alkyl carbamates (subject to hydrolysis) is 1. The smallest absolute Gasteiger partial charge is 0.407 e. The third-order valence-corrected chi connectivity index (χ3v) is 5.11. The molecule has 4 aromatic carbocycles. The second kappa shape index (κ2) is 7.95. The molecule has 160 valence electrons. The first-order chi connectivity index (χ1) is 14.7. The van der Waals surface area contributed by atoms with Crippen LogP contribution in [0.15, 0.2) is 54.6 Å². The predicted octanol–water partition coefficient (Wildman–Crippen LogP) is 5.33. The van der Waals surface area contributed by atoms with Crippen molar-refractivity contribution in [1.29, 1.82) is 0 Å². The highest BCUT2D eigenvalue weighted by Gasteiger charge is 2.22. The molecule has 0 bridgehead atoms. The maximum Gasteiger partial charge on any atom is 0.407 e. The van der Waals surface area contributed by atoms with Crippen molar-refractivity contribution in [3.63, 3.8) is 0 Å². The van der Waals surface area contributed by atoms with Gasteiger partial charge < -0.3 is 19.9 Å². The Morgan fingerprint density at radius 2 is 1.55 bits per heavy atom. The Morgan fingerprint density at radius 1 is 0.935 bits per heavy atom. The fourth-order valence-electron chi connectivity index (χ4n) is 3.82. The third kappa shape index (κ3) is 4.33. The summed E-state index contributed by atoms with van der Waals surface area (Å²) >= 11 is 0. The second-order valence-corrected chi connectivity index (χ2v) is 8.58. The molecule has 0 saturated heterocycles. The maximum absolute atomic E-state index is 11.8. The average Bonchev–Trinajstić information content (AvgIpc) is 2.70. The van der Waals surface area contributed by atoms with Gasteiger partial charge in [-0.25, -0.2) is 9.59 Å². The normalized spacial score (nSPS) is 12.9. The van der Waals surface area contributed by atoms with E-state index in [0.29, 0.717) is 5.75 Å². The Bertz CT molecular complexity index is 1240. The molecule has 6 heteroatoms. The van der Waals surface area contributed by atoms with Gasteiger partial charge in [0.1, 0.15) is 11.4 Å². The first kappa shape index (κ1) is 20.7. The molecule has 0 aromatic heterocycles. The van der Waals surface area contributed by atoms with Crippen LogP contribution >= 0.6 is 0 Å². The summed E-state index contributed by atoms with van der Waals surface area (Å²) in [6, 6.07) is 18.1. The zero-order chi connectivity index (χ0) is 22.2. The van der Waals surface area contributed by atoms with Crippen molar-refractivity contribution in [1.82, 2.24) is 5.32 Å². The molecule has 0 aliphatic rings. The van der Waals surface area contributed by atoms with Crippen LogP contribution in [-0.2, 0) is 9.53 Å². The molecule has 0 aliphatic carbocycles. The fraction of sp³-hybridized carbons (Fsp3) is 0.280. The van der Waals surface area contributed by atoms with Gasteiger partial charge in [0.05, 0.1) is 0 Å². The van der Waals surface area contributed by atoms with Crippen LogP contribution in [0.1, 0.15) is 27.2 Å². The lowest BCUT2D eigenvalue weighted by Crippen LogP contribution is -2.36. The zero-order valence-electron chi connectivity index (χ0n) is 17.8. The van der Waals surface area contributed by atoms with Crippen molar-refractivity contribution in [2.45, 2.75) is 38.9 Å². The number of aliphatic carboxylic acids is 1. The lowest BCUT2D eigenvalue weighted by molar-refractivity contribution is -0.145. The van der Waals surface area contributed by atoms with Gasteiger partial charge in [0, 0.05) is 23.7 Å². The fourth-order valence-corrected chi connectivity index (χ4v) is 3.82. The first-order valence-corrected chi connectivity index (χ1v) is 10.3. The molecule has 0 saturated carbocycles. The molecule has 4 rings (SSSR count). The molecular formula is C25H25NO5. The third-order valence-electron chi connectivity index (χ3n) is 5.11. The standard InChI is InChI=1S/C25H25NO5/c1-25(2,3)31-24(29)26-14-13-20(23(27)28)30-19-12-10-17-8-7-15-5-4-6-16-9-11-18(19)22(17)21(15)16/h4-12,20H,13-14H2,1-3H3,(H,26,29)(H,27,28). The van der Waals surface area contributed by atoms with E-state index < -0.39 is 23.8 Å². The van der Waals surface area contributed by atoms with Gasteiger partial charge in [0.15, 0.2) is 6.10 Å². The Balaban J connectivity index is 1.58. The summed E-state index contributed by atoms with van der Waals surface area (Å²) < 4.78 is 11.1. The van der Waals surface area contributed by atoms with Crippen LogP contribution in [-0.4, -0.2) is 35.4 Å². The average molecular weight is 419 g/mol.